The van der Waals surface area contributed by atoms with E-state index in [1.54, 1.807) is 19.9 Å². The Hall–Kier alpha value is -1.99. The number of hydrogen-bond donors (Lipinski definition) is 2. The highest BCUT2D eigenvalue weighted by atomic mass is 35.5. The van der Waals surface area contributed by atoms with Gasteiger partial charge >= 0.3 is 0 Å². The number of aryl methyl sites for hydroxylation is 1. The van der Waals surface area contributed by atoms with Crippen molar-refractivity contribution >= 4 is 17.5 Å². The zero-order valence-corrected chi connectivity index (χ0v) is 14.3. The molecule has 0 bridgehead atoms. The van der Waals surface area contributed by atoms with Crippen molar-refractivity contribution in [2.45, 2.75) is 32.9 Å². The molecule has 2 aromatic rings. The van der Waals surface area contributed by atoms with Crippen LogP contribution in [0.15, 0.2) is 12.1 Å². The van der Waals surface area contributed by atoms with E-state index in [4.69, 9.17) is 11.6 Å². The minimum Gasteiger partial charge on any atom is -0.342 e. The first-order valence-electron chi connectivity index (χ1n) is 7.87. The van der Waals surface area contributed by atoms with Crippen LogP contribution in [0.2, 0.25) is 5.02 Å². The lowest BCUT2D eigenvalue weighted by Gasteiger charge is -2.16. The summed E-state index contributed by atoms with van der Waals surface area (Å²) < 4.78 is 16.0. The number of halogens is 2. The van der Waals surface area contributed by atoms with E-state index in [0.717, 1.165) is 31.9 Å². The van der Waals surface area contributed by atoms with Gasteiger partial charge < -0.3 is 15.2 Å². The molecule has 1 aromatic heterocycles. The Morgan fingerprint density at radius 2 is 2.21 bits per heavy atom. The second-order valence-electron chi connectivity index (χ2n) is 5.87. The number of fused-ring (bicyclic) bond motifs is 1. The predicted molar refractivity (Wildman–Crippen MR) is 88.6 cm³/mol. The molecule has 1 aliphatic rings. The number of hydrogen-bond acceptors (Lipinski definition) is 4. The molecule has 2 heterocycles. The summed E-state index contributed by atoms with van der Waals surface area (Å²) in [6.45, 7) is 5.93. The van der Waals surface area contributed by atoms with Crippen LogP contribution in [0.3, 0.4) is 0 Å². The van der Waals surface area contributed by atoms with Crippen molar-refractivity contribution in [2.24, 2.45) is 0 Å². The molecule has 128 valence electrons. The average molecular weight is 352 g/mol. The minimum atomic E-state index is -0.639. The molecule has 24 heavy (non-hydrogen) atoms. The maximum Gasteiger partial charge on any atom is 0.256 e. The van der Waals surface area contributed by atoms with Crippen LogP contribution in [0.4, 0.5) is 4.39 Å². The SMILES string of the molecule is Cc1ccc(F)c(C(=O)N[C@@H](C)c2nnc3n2CCNCC3)c1Cl. The molecular weight excluding hydrogens is 333 g/mol. The molecule has 0 unspecified atom stereocenters. The van der Waals surface area contributed by atoms with Gasteiger partial charge in [-0.05, 0) is 25.5 Å². The van der Waals surface area contributed by atoms with Gasteiger partial charge in [0.15, 0.2) is 5.82 Å². The molecule has 0 saturated heterocycles. The third-order valence-electron chi connectivity index (χ3n) is 4.14. The fraction of sp³-hybridized carbons (Fsp3) is 0.438. The van der Waals surface area contributed by atoms with Crippen molar-refractivity contribution in [3.63, 3.8) is 0 Å². The fourth-order valence-corrected chi connectivity index (χ4v) is 3.05. The van der Waals surface area contributed by atoms with Crippen LogP contribution < -0.4 is 10.6 Å². The number of nitrogens with zero attached hydrogens (tertiary/aromatic N) is 3. The quantitative estimate of drug-likeness (QED) is 0.887. The first kappa shape index (κ1) is 16.9. The van der Waals surface area contributed by atoms with Gasteiger partial charge in [-0.25, -0.2) is 4.39 Å². The number of amides is 1. The van der Waals surface area contributed by atoms with Gasteiger partial charge in [-0.1, -0.05) is 17.7 Å². The van der Waals surface area contributed by atoms with Gasteiger partial charge in [0, 0.05) is 26.1 Å². The molecule has 0 fully saturated rings. The lowest BCUT2D eigenvalue weighted by atomic mass is 10.1. The second-order valence-corrected chi connectivity index (χ2v) is 6.25. The smallest absolute Gasteiger partial charge is 0.256 e. The highest BCUT2D eigenvalue weighted by molar-refractivity contribution is 6.34. The molecule has 6 nitrogen and oxygen atoms in total. The average Bonchev–Trinajstić information content (AvgIpc) is 2.80. The molecule has 0 saturated carbocycles. The van der Waals surface area contributed by atoms with Crippen molar-refractivity contribution in [1.82, 2.24) is 25.4 Å². The molecule has 0 radical (unpaired) electrons. The lowest BCUT2D eigenvalue weighted by molar-refractivity contribution is 0.0933. The Balaban J connectivity index is 1.83. The molecular formula is C16H19ClFN5O. The Morgan fingerprint density at radius 3 is 3.00 bits per heavy atom. The molecule has 0 aliphatic carbocycles. The van der Waals surface area contributed by atoms with E-state index in [-0.39, 0.29) is 10.6 Å². The maximum atomic E-state index is 14.0. The second kappa shape index (κ2) is 6.86. The molecule has 8 heteroatoms. The van der Waals surface area contributed by atoms with Crippen LogP contribution >= 0.6 is 11.6 Å². The molecule has 1 amide bonds. The predicted octanol–water partition coefficient (Wildman–Crippen LogP) is 2.02. The van der Waals surface area contributed by atoms with E-state index in [2.05, 4.69) is 20.8 Å². The van der Waals surface area contributed by atoms with Gasteiger partial charge in [0.05, 0.1) is 16.6 Å². The van der Waals surface area contributed by atoms with Gasteiger partial charge in [0.2, 0.25) is 0 Å². The molecule has 2 N–H and O–H groups in total. The van der Waals surface area contributed by atoms with Gasteiger partial charge in [-0.2, -0.15) is 0 Å². The number of rotatable bonds is 3. The molecule has 0 spiro atoms. The fourth-order valence-electron chi connectivity index (χ4n) is 2.81. The topological polar surface area (TPSA) is 71.8 Å². The van der Waals surface area contributed by atoms with Gasteiger partial charge in [0.25, 0.3) is 5.91 Å². The molecule has 1 atom stereocenters. The number of benzene rings is 1. The molecule has 1 aromatic carbocycles. The maximum absolute atomic E-state index is 14.0. The number of nitrogens with one attached hydrogen (secondary N) is 2. The van der Waals surface area contributed by atoms with Crippen LogP contribution in [0, 0.1) is 12.7 Å². The van der Waals surface area contributed by atoms with E-state index in [1.165, 1.54) is 6.07 Å². The van der Waals surface area contributed by atoms with Crippen molar-refractivity contribution < 1.29 is 9.18 Å². The third-order valence-corrected chi connectivity index (χ3v) is 4.63. The standard InChI is InChI=1S/C16H19ClFN5O/c1-9-3-4-11(18)13(14(9)17)16(24)20-10(2)15-22-21-12-5-6-19-7-8-23(12)15/h3-4,10,19H,5-8H2,1-2H3,(H,20,24)/t10-/m0/s1. The summed E-state index contributed by atoms with van der Waals surface area (Å²) in [7, 11) is 0. The van der Waals surface area contributed by atoms with Crippen LogP contribution in [0.25, 0.3) is 0 Å². The summed E-state index contributed by atoms with van der Waals surface area (Å²) in [6, 6.07) is 2.38. The van der Waals surface area contributed by atoms with Gasteiger partial charge in [-0.15, -0.1) is 10.2 Å². The van der Waals surface area contributed by atoms with Crippen LogP contribution in [-0.4, -0.2) is 33.8 Å². The highest BCUT2D eigenvalue weighted by Crippen LogP contribution is 2.24. The van der Waals surface area contributed by atoms with Crippen LogP contribution in [-0.2, 0) is 13.0 Å². The van der Waals surface area contributed by atoms with E-state index in [9.17, 15) is 9.18 Å². The summed E-state index contributed by atoms with van der Waals surface area (Å²) in [4.78, 5) is 12.5. The monoisotopic (exact) mass is 351 g/mol. The van der Waals surface area contributed by atoms with Gasteiger partial charge in [-0.3, -0.25) is 4.79 Å². The zero-order chi connectivity index (χ0) is 17.3. The van der Waals surface area contributed by atoms with E-state index in [1.807, 2.05) is 4.57 Å². The van der Waals surface area contributed by atoms with E-state index in [0.29, 0.717) is 11.4 Å². The summed E-state index contributed by atoms with van der Waals surface area (Å²) in [5.74, 6) is 0.347. The van der Waals surface area contributed by atoms with E-state index < -0.39 is 17.8 Å². The first-order valence-corrected chi connectivity index (χ1v) is 8.25. The third kappa shape index (κ3) is 3.14. The summed E-state index contributed by atoms with van der Waals surface area (Å²) in [5, 5.41) is 14.6. The summed E-state index contributed by atoms with van der Waals surface area (Å²) in [5.41, 5.74) is 0.513. The Bertz CT molecular complexity index is 776. The van der Waals surface area contributed by atoms with E-state index >= 15 is 0 Å². The van der Waals surface area contributed by atoms with Gasteiger partial charge in [0.1, 0.15) is 11.6 Å². The number of aromatic nitrogens is 3. The Labute approximate surface area is 144 Å². The first-order chi connectivity index (χ1) is 11.5. The normalized spacial score (nSPS) is 15.5. The Kier molecular flexibility index (Phi) is 4.82. The lowest BCUT2D eigenvalue weighted by Crippen LogP contribution is -2.30. The minimum absolute atomic E-state index is 0.129. The number of carbonyl (C=O) groups excluding carboxylic acids is 1. The van der Waals surface area contributed by atoms with Crippen LogP contribution in [0.5, 0.6) is 0 Å². The molecule has 3 rings (SSSR count). The zero-order valence-electron chi connectivity index (χ0n) is 13.6. The van der Waals surface area contributed by atoms with Crippen LogP contribution in [0.1, 0.15) is 40.5 Å². The highest BCUT2D eigenvalue weighted by Gasteiger charge is 2.23. The van der Waals surface area contributed by atoms with Crippen molar-refractivity contribution in [3.05, 3.63) is 45.7 Å². The van der Waals surface area contributed by atoms with Crippen molar-refractivity contribution in [3.8, 4) is 0 Å². The van der Waals surface area contributed by atoms with Crippen molar-refractivity contribution in [1.29, 1.82) is 0 Å². The largest absolute Gasteiger partial charge is 0.342 e. The summed E-state index contributed by atoms with van der Waals surface area (Å²) >= 11 is 6.10. The van der Waals surface area contributed by atoms with Crippen molar-refractivity contribution in [2.75, 3.05) is 13.1 Å². The Morgan fingerprint density at radius 1 is 1.42 bits per heavy atom. The molecule has 1 aliphatic heterocycles. The number of carbonyl (C=O) groups is 1. The summed E-state index contributed by atoms with van der Waals surface area (Å²) in [6.07, 6.45) is 0.784.